The van der Waals surface area contributed by atoms with Crippen LogP contribution in [0.15, 0.2) is 62.2 Å². The fourth-order valence-corrected chi connectivity index (χ4v) is 0.589. The first-order valence-corrected chi connectivity index (χ1v) is 6.11. The molecule has 0 bridgehead atoms. The van der Waals surface area contributed by atoms with E-state index in [1.165, 1.54) is 5.56 Å². The van der Waals surface area contributed by atoms with Crippen LogP contribution >= 0.6 is 7.82 Å². The second kappa shape index (κ2) is 11.0. The van der Waals surface area contributed by atoms with Crippen LogP contribution in [0.5, 0.6) is 0 Å². The van der Waals surface area contributed by atoms with Crippen LogP contribution < -0.4 is 0 Å². The van der Waals surface area contributed by atoms with Gasteiger partial charge in [-0.15, -0.1) is 0 Å². The average Bonchev–Trinajstić information content (AvgIpc) is 2.28. The lowest BCUT2D eigenvalue weighted by atomic mass is 10.2. The van der Waals surface area contributed by atoms with Gasteiger partial charge in [-0.3, -0.25) is 0 Å². The lowest BCUT2D eigenvalue weighted by Crippen LogP contribution is -1.66. The van der Waals surface area contributed by atoms with Crippen molar-refractivity contribution in [2.45, 2.75) is 0 Å². The zero-order chi connectivity index (χ0) is 13.7. The van der Waals surface area contributed by atoms with E-state index in [0.29, 0.717) is 0 Å². The minimum atomic E-state index is -4.64. The highest BCUT2D eigenvalue weighted by Gasteiger charge is 2.00. The molecule has 0 heterocycles. The molecule has 0 amide bonds. The maximum Gasteiger partial charge on any atom is 0.466 e. The molecule has 0 aliphatic carbocycles. The van der Waals surface area contributed by atoms with Gasteiger partial charge in [0.25, 0.3) is 0 Å². The molecule has 0 unspecified atom stereocenters. The Kier molecular flexibility index (Phi) is 11.7. The molecule has 0 atom stereocenters. The van der Waals surface area contributed by atoms with Crippen molar-refractivity contribution in [1.29, 1.82) is 0 Å². The van der Waals surface area contributed by atoms with Crippen LogP contribution in [0.3, 0.4) is 0 Å². The number of hydrogen-bond donors (Lipinski definition) is 3. The van der Waals surface area contributed by atoms with Crippen molar-refractivity contribution in [1.82, 2.24) is 0 Å². The van der Waals surface area contributed by atoms with E-state index in [-0.39, 0.29) is 0 Å². The van der Waals surface area contributed by atoms with Gasteiger partial charge in [-0.05, 0) is 5.56 Å². The number of allylic oxidation sites excluding steroid dienone is 2. The summed E-state index contributed by atoms with van der Waals surface area (Å²) in [5.41, 5.74) is 1.17. The van der Waals surface area contributed by atoms with Gasteiger partial charge in [0.05, 0.1) is 0 Å². The summed E-state index contributed by atoms with van der Waals surface area (Å²) in [4.78, 5) is 21.6. The van der Waals surface area contributed by atoms with Crippen LogP contribution in [0, 0.1) is 0 Å². The van der Waals surface area contributed by atoms with Gasteiger partial charge in [0, 0.05) is 0 Å². The molecule has 0 spiro atoms. The molecule has 1 aromatic carbocycles. The molecule has 17 heavy (non-hydrogen) atoms. The van der Waals surface area contributed by atoms with E-state index in [1.807, 2.05) is 36.4 Å². The Morgan fingerprint density at radius 2 is 1.29 bits per heavy atom. The van der Waals surface area contributed by atoms with E-state index < -0.39 is 7.82 Å². The van der Waals surface area contributed by atoms with E-state index in [1.54, 1.807) is 12.2 Å². The van der Waals surface area contributed by atoms with Crippen molar-refractivity contribution in [2.24, 2.45) is 0 Å². The summed E-state index contributed by atoms with van der Waals surface area (Å²) in [5.74, 6) is 0. The quantitative estimate of drug-likeness (QED) is 0.561. The van der Waals surface area contributed by atoms with Gasteiger partial charge in [-0.2, -0.15) is 0 Å². The third-order valence-corrected chi connectivity index (χ3v) is 1.20. The number of phosphoric acid groups is 1. The number of rotatable bonds is 2. The predicted octanol–water partition coefficient (Wildman–Crippen LogP) is 2.76. The van der Waals surface area contributed by atoms with Crippen molar-refractivity contribution >= 4 is 13.9 Å². The van der Waals surface area contributed by atoms with Crippen LogP contribution in [0.4, 0.5) is 0 Å². The first-order chi connectivity index (χ1) is 7.85. The topological polar surface area (TPSA) is 77.8 Å². The highest BCUT2D eigenvalue weighted by Crippen LogP contribution is 2.25. The molecule has 0 aromatic heterocycles. The molecule has 0 aliphatic rings. The largest absolute Gasteiger partial charge is 0.466 e. The number of benzene rings is 1. The molecule has 0 radical (unpaired) electrons. The zero-order valence-corrected chi connectivity index (χ0v) is 10.3. The fourth-order valence-electron chi connectivity index (χ4n) is 0.589. The fraction of sp³-hybridized carbons (Fsp3) is 0. The summed E-state index contributed by atoms with van der Waals surface area (Å²) >= 11 is 0. The van der Waals surface area contributed by atoms with Crippen LogP contribution in [0.2, 0.25) is 0 Å². The monoisotopic (exact) mass is 256 g/mol. The first kappa shape index (κ1) is 17.9. The van der Waals surface area contributed by atoms with Crippen LogP contribution in [-0.4, -0.2) is 14.7 Å². The number of hydrogen-bond acceptors (Lipinski definition) is 1. The van der Waals surface area contributed by atoms with Crippen molar-refractivity contribution in [3.8, 4) is 0 Å². The summed E-state index contributed by atoms with van der Waals surface area (Å²) < 4.78 is 8.88. The highest BCUT2D eigenvalue weighted by atomic mass is 31.2. The van der Waals surface area contributed by atoms with E-state index in [4.69, 9.17) is 19.2 Å². The molecule has 1 aromatic rings. The normalized spacial score (nSPS) is 8.65. The third kappa shape index (κ3) is 25.1. The van der Waals surface area contributed by atoms with E-state index >= 15 is 0 Å². The molecule has 94 valence electrons. The Morgan fingerprint density at radius 1 is 0.941 bits per heavy atom. The second-order valence-electron chi connectivity index (χ2n) is 2.60. The van der Waals surface area contributed by atoms with Gasteiger partial charge >= 0.3 is 7.82 Å². The summed E-state index contributed by atoms with van der Waals surface area (Å²) in [5, 5.41) is 0. The molecule has 0 saturated carbocycles. The third-order valence-electron chi connectivity index (χ3n) is 1.20. The van der Waals surface area contributed by atoms with Crippen LogP contribution in [-0.2, 0) is 4.57 Å². The molecule has 0 saturated heterocycles. The Morgan fingerprint density at radius 3 is 1.47 bits per heavy atom. The van der Waals surface area contributed by atoms with E-state index in [0.717, 1.165) is 0 Å². The Hall–Kier alpha value is -1.45. The van der Waals surface area contributed by atoms with Crippen LogP contribution in [0.1, 0.15) is 5.56 Å². The van der Waals surface area contributed by atoms with Gasteiger partial charge < -0.3 is 14.7 Å². The molecule has 0 aliphatic heterocycles. The zero-order valence-electron chi connectivity index (χ0n) is 9.44. The smallest absolute Gasteiger partial charge is 0.303 e. The van der Waals surface area contributed by atoms with Gasteiger partial charge in [-0.1, -0.05) is 68.3 Å². The van der Waals surface area contributed by atoms with Crippen molar-refractivity contribution in [3.05, 3.63) is 67.8 Å². The minimum Gasteiger partial charge on any atom is -0.303 e. The molecule has 4 nitrogen and oxygen atoms in total. The van der Waals surface area contributed by atoms with Crippen LogP contribution in [0.25, 0.3) is 6.08 Å². The van der Waals surface area contributed by atoms with Crippen molar-refractivity contribution in [2.75, 3.05) is 0 Å². The van der Waals surface area contributed by atoms with Gasteiger partial charge in [0.1, 0.15) is 0 Å². The molecule has 0 fully saturated rings. The summed E-state index contributed by atoms with van der Waals surface area (Å²) in [6, 6.07) is 10.0. The molecule has 1 rings (SSSR count). The second-order valence-corrected chi connectivity index (χ2v) is 3.63. The Balaban J connectivity index is 0. The van der Waals surface area contributed by atoms with Crippen molar-refractivity contribution < 1.29 is 19.2 Å². The van der Waals surface area contributed by atoms with Gasteiger partial charge in [0.15, 0.2) is 0 Å². The molecule has 5 heteroatoms. The maximum atomic E-state index is 8.88. The standard InChI is InChI=1S/C8H8.C4H6.H3O4P/c1-2-8-6-4-3-5-7-8;1-3-4-2;1-5(2,3)4/h2-7H,1H2;3-4H,1-2H2;(H3,1,2,3,4). The molecular formula is C12H17O4P. The lowest BCUT2D eigenvalue weighted by molar-refractivity contribution is 0.275. The molecule has 3 N–H and O–H groups in total. The average molecular weight is 256 g/mol. The lowest BCUT2D eigenvalue weighted by Gasteiger charge is -1.85. The highest BCUT2D eigenvalue weighted by molar-refractivity contribution is 7.45. The summed E-state index contributed by atoms with van der Waals surface area (Å²) in [7, 11) is -4.64. The maximum absolute atomic E-state index is 8.88. The predicted molar refractivity (Wildman–Crippen MR) is 71.2 cm³/mol. The summed E-state index contributed by atoms with van der Waals surface area (Å²) in [6.07, 6.45) is 5.11. The summed E-state index contributed by atoms with van der Waals surface area (Å²) in [6.45, 7) is 10.4. The van der Waals surface area contributed by atoms with Gasteiger partial charge in [-0.25, -0.2) is 4.57 Å². The minimum absolute atomic E-state index is 1.17. The van der Waals surface area contributed by atoms with Gasteiger partial charge in [0.2, 0.25) is 0 Å². The Labute approximate surface area is 101 Å². The van der Waals surface area contributed by atoms with E-state index in [2.05, 4.69) is 19.7 Å². The van der Waals surface area contributed by atoms with Crippen molar-refractivity contribution in [3.63, 3.8) is 0 Å². The molecular weight excluding hydrogens is 239 g/mol. The Bertz CT molecular complexity index is 353. The van der Waals surface area contributed by atoms with E-state index in [9.17, 15) is 0 Å². The SMILES string of the molecule is C=CC=C.C=Cc1ccccc1.O=P(O)(O)O. The first-order valence-electron chi connectivity index (χ1n) is 4.54.